The van der Waals surface area contributed by atoms with Crippen LogP contribution in [0, 0.1) is 0 Å². The van der Waals surface area contributed by atoms with Crippen molar-refractivity contribution in [2.75, 3.05) is 33.3 Å². The lowest BCUT2D eigenvalue weighted by atomic mass is 10.1. The largest absolute Gasteiger partial charge is 0.497 e. The Morgan fingerprint density at radius 2 is 1.88 bits per heavy atom. The lowest BCUT2D eigenvalue weighted by molar-refractivity contribution is 0.191. The highest BCUT2D eigenvalue weighted by molar-refractivity contribution is 7.89. The molecule has 0 saturated carbocycles. The van der Waals surface area contributed by atoms with Crippen LogP contribution in [0.1, 0.15) is 27.2 Å². The van der Waals surface area contributed by atoms with Crippen molar-refractivity contribution >= 4 is 16.1 Å². The third-order valence-corrected chi connectivity index (χ3v) is 5.80. The Morgan fingerprint density at radius 3 is 2.52 bits per heavy atom. The molecule has 1 aliphatic rings. The van der Waals surface area contributed by atoms with Gasteiger partial charge in [-0.05, 0) is 39.3 Å². The highest BCUT2D eigenvalue weighted by atomic mass is 32.2. The fourth-order valence-corrected chi connectivity index (χ4v) is 4.15. The molecule has 8 heteroatoms. The SMILES string of the molecule is COc1cccc(S(=O)(=O)N2CCCN(C(=O)NC(C)(C)C)CC2)c1. The number of amides is 2. The summed E-state index contributed by atoms with van der Waals surface area (Å²) in [7, 11) is -2.10. The smallest absolute Gasteiger partial charge is 0.317 e. The third-order valence-electron chi connectivity index (χ3n) is 3.90. The number of hydrogen-bond donors (Lipinski definition) is 1. The van der Waals surface area contributed by atoms with E-state index >= 15 is 0 Å². The molecule has 2 amide bonds. The first-order valence-corrected chi connectivity index (χ1v) is 9.79. The van der Waals surface area contributed by atoms with Gasteiger partial charge in [-0.3, -0.25) is 0 Å². The van der Waals surface area contributed by atoms with Gasteiger partial charge in [0.25, 0.3) is 0 Å². The standard InChI is InChI=1S/C17H27N3O4S/c1-17(2,3)18-16(21)19-9-6-10-20(12-11-19)25(22,23)15-8-5-7-14(13-15)24-4/h5,7-8,13H,6,9-12H2,1-4H3,(H,18,21). The van der Waals surface area contributed by atoms with Crippen LogP contribution in [0.4, 0.5) is 4.79 Å². The lowest BCUT2D eigenvalue weighted by Gasteiger charge is -2.27. The van der Waals surface area contributed by atoms with Crippen LogP contribution in [0.5, 0.6) is 5.75 Å². The minimum Gasteiger partial charge on any atom is -0.497 e. The molecule has 0 radical (unpaired) electrons. The molecule has 2 rings (SSSR count). The van der Waals surface area contributed by atoms with Crippen molar-refractivity contribution in [3.8, 4) is 5.75 Å². The van der Waals surface area contributed by atoms with Crippen LogP contribution in [-0.2, 0) is 10.0 Å². The number of hydrogen-bond acceptors (Lipinski definition) is 4. The maximum Gasteiger partial charge on any atom is 0.317 e. The van der Waals surface area contributed by atoms with Crippen LogP contribution in [-0.4, -0.2) is 62.5 Å². The fourth-order valence-electron chi connectivity index (χ4n) is 2.65. The molecule has 1 aromatic carbocycles. The molecule has 0 unspecified atom stereocenters. The normalized spacial score (nSPS) is 17.0. The zero-order valence-electron chi connectivity index (χ0n) is 15.3. The van der Waals surface area contributed by atoms with Gasteiger partial charge in [0.15, 0.2) is 0 Å². The van der Waals surface area contributed by atoms with E-state index in [9.17, 15) is 13.2 Å². The second-order valence-electron chi connectivity index (χ2n) is 7.10. The first-order chi connectivity index (χ1) is 11.6. The summed E-state index contributed by atoms with van der Waals surface area (Å²) in [6.07, 6.45) is 0.598. The summed E-state index contributed by atoms with van der Waals surface area (Å²) < 4.78 is 32.3. The van der Waals surface area contributed by atoms with E-state index in [4.69, 9.17) is 4.74 Å². The minimum atomic E-state index is -3.61. The first-order valence-electron chi connectivity index (χ1n) is 8.35. The second kappa shape index (κ2) is 7.61. The number of ether oxygens (including phenoxy) is 1. The highest BCUT2D eigenvalue weighted by Gasteiger charge is 2.29. The van der Waals surface area contributed by atoms with Crippen molar-refractivity contribution in [3.05, 3.63) is 24.3 Å². The molecule has 0 aliphatic carbocycles. The Labute approximate surface area is 150 Å². The molecule has 0 bridgehead atoms. The van der Waals surface area contributed by atoms with Crippen molar-refractivity contribution in [2.24, 2.45) is 0 Å². The molecule has 1 fully saturated rings. The monoisotopic (exact) mass is 369 g/mol. The number of urea groups is 1. The number of nitrogens with zero attached hydrogens (tertiary/aromatic N) is 2. The molecule has 0 aromatic heterocycles. The molecule has 1 aromatic rings. The number of rotatable bonds is 3. The van der Waals surface area contributed by atoms with Gasteiger partial charge in [0.2, 0.25) is 10.0 Å². The average molecular weight is 369 g/mol. The maximum atomic E-state index is 12.9. The van der Waals surface area contributed by atoms with E-state index in [0.29, 0.717) is 31.8 Å². The van der Waals surface area contributed by atoms with Gasteiger partial charge in [-0.25, -0.2) is 13.2 Å². The minimum absolute atomic E-state index is 0.159. The summed E-state index contributed by atoms with van der Waals surface area (Å²) >= 11 is 0. The summed E-state index contributed by atoms with van der Waals surface area (Å²) in [5.41, 5.74) is -0.324. The highest BCUT2D eigenvalue weighted by Crippen LogP contribution is 2.22. The van der Waals surface area contributed by atoms with Gasteiger partial charge < -0.3 is 15.0 Å². The van der Waals surface area contributed by atoms with E-state index in [2.05, 4.69) is 5.32 Å². The van der Waals surface area contributed by atoms with Crippen molar-refractivity contribution in [1.82, 2.24) is 14.5 Å². The van der Waals surface area contributed by atoms with Crippen molar-refractivity contribution in [3.63, 3.8) is 0 Å². The summed E-state index contributed by atoms with van der Waals surface area (Å²) in [5.74, 6) is 0.502. The molecule has 25 heavy (non-hydrogen) atoms. The number of carbonyl (C=O) groups excluding carboxylic acids is 1. The van der Waals surface area contributed by atoms with Gasteiger partial charge in [0, 0.05) is 37.8 Å². The van der Waals surface area contributed by atoms with Crippen LogP contribution in [0.15, 0.2) is 29.2 Å². The summed E-state index contributed by atoms with van der Waals surface area (Å²) in [6, 6.07) is 6.29. The molecule has 7 nitrogen and oxygen atoms in total. The quantitative estimate of drug-likeness (QED) is 0.883. The molecular weight excluding hydrogens is 342 g/mol. The zero-order chi connectivity index (χ0) is 18.7. The molecular formula is C17H27N3O4S. The van der Waals surface area contributed by atoms with E-state index in [1.807, 2.05) is 20.8 Å². The molecule has 1 N–H and O–H groups in total. The van der Waals surface area contributed by atoms with Gasteiger partial charge in [-0.15, -0.1) is 0 Å². The zero-order valence-corrected chi connectivity index (χ0v) is 16.1. The van der Waals surface area contributed by atoms with E-state index in [0.717, 1.165) is 0 Å². The summed E-state index contributed by atoms with van der Waals surface area (Å²) in [4.78, 5) is 14.2. The predicted molar refractivity (Wildman–Crippen MR) is 96.2 cm³/mol. The number of methoxy groups -OCH3 is 1. The second-order valence-corrected chi connectivity index (χ2v) is 9.04. The topological polar surface area (TPSA) is 79.0 Å². The first kappa shape index (κ1) is 19.5. The molecule has 1 aliphatic heterocycles. The van der Waals surface area contributed by atoms with Crippen molar-refractivity contribution in [2.45, 2.75) is 37.6 Å². The molecule has 1 heterocycles. The van der Waals surface area contributed by atoms with E-state index in [1.165, 1.54) is 17.5 Å². The van der Waals surface area contributed by atoms with Crippen LogP contribution >= 0.6 is 0 Å². The summed E-state index contributed by atoms with van der Waals surface area (Å²) in [6.45, 7) is 7.32. The lowest BCUT2D eigenvalue weighted by Crippen LogP contribution is -2.49. The van der Waals surface area contributed by atoms with Crippen molar-refractivity contribution < 1.29 is 17.9 Å². The Hall–Kier alpha value is -1.80. The molecule has 140 valence electrons. The molecule has 1 saturated heterocycles. The van der Waals surface area contributed by atoms with Crippen LogP contribution < -0.4 is 10.1 Å². The Morgan fingerprint density at radius 1 is 1.16 bits per heavy atom. The summed E-state index contributed by atoms with van der Waals surface area (Å²) in [5, 5.41) is 2.92. The van der Waals surface area contributed by atoms with E-state index in [1.54, 1.807) is 23.1 Å². The maximum absolute atomic E-state index is 12.9. The number of sulfonamides is 1. The van der Waals surface area contributed by atoms with Gasteiger partial charge in [0.1, 0.15) is 5.75 Å². The number of carbonyl (C=O) groups is 1. The predicted octanol–water partition coefficient (Wildman–Crippen LogP) is 1.90. The Bertz CT molecular complexity index is 713. The van der Waals surface area contributed by atoms with Gasteiger partial charge in [-0.1, -0.05) is 6.07 Å². The van der Waals surface area contributed by atoms with E-state index in [-0.39, 0.29) is 23.0 Å². The van der Waals surface area contributed by atoms with Crippen LogP contribution in [0.25, 0.3) is 0 Å². The number of nitrogens with one attached hydrogen (secondary N) is 1. The molecule has 0 spiro atoms. The van der Waals surface area contributed by atoms with E-state index < -0.39 is 10.0 Å². The van der Waals surface area contributed by atoms with Gasteiger partial charge >= 0.3 is 6.03 Å². The van der Waals surface area contributed by atoms with Gasteiger partial charge in [0.05, 0.1) is 12.0 Å². The fraction of sp³-hybridized carbons (Fsp3) is 0.588. The Balaban J connectivity index is 2.10. The van der Waals surface area contributed by atoms with Crippen molar-refractivity contribution in [1.29, 1.82) is 0 Å². The van der Waals surface area contributed by atoms with Gasteiger partial charge in [-0.2, -0.15) is 4.31 Å². The molecule has 0 atom stereocenters. The third kappa shape index (κ3) is 5.09. The average Bonchev–Trinajstić information content (AvgIpc) is 2.80. The van der Waals surface area contributed by atoms with Crippen LogP contribution in [0.3, 0.4) is 0 Å². The number of benzene rings is 1. The van der Waals surface area contributed by atoms with Crippen LogP contribution in [0.2, 0.25) is 0 Å². The Kier molecular flexibility index (Phi) is 5.95.